The molecule has 0 aliphatic carbocycles. The normalized spacial score (nSPS) is 11.6. The third-order valence-corrected chi connectivity index (χ3v) is 7.24. The van der Waals surface area contributed by atoms with Gasteiger partial charge in [-0.15, -0.1) is 0 Å². The molecule has 0 aliphatic rings. The van der Waals surface area contributed by atoms with Gasteiger partial charge in [0.1, 0.15) is 5.69 Å². The van der Waals surface area contributed by atoms with Gasteiger partial charge >= 0.3 is 0 Å². The first-order valence-corrected chi connectivity index (χ1v) is 12.0. The number of hydrogen-bond acceptors (Lipinski definition) is 3. The standard InChI is InChI=1S/C25H23ClN2O3S/c1-16-12-17(2)21(18(3)13-16)15-28-23-11-7-10-22(26)20(23)14-24(28)25(29)27-32(30,31)19-8-5-4-6-9-19/h4-14H,15H2,1-3H3,(H,27,29). The van der Waals surface area contributed by atoms with Gasteiger partial charge in [0.25, 0.3) is 15.9 Å². The van der Waals surface area contributed by atoms with Crippen molar-refractivity contribution in [1.82, 2.24) is 9.29 Å². The number of carbonyl (C=O) groups is 1. The number of hydrogen-bond donors (Lipinski definition) is 1. The summed E-state index contributed by atoms with van der Waals surface area (Å²) in [6, 6.07) is 19.1. The molecule has 1 aromatic heterocycles. The SMILES string of the molecule is Cc1cc(C)c(Cn2c(C(=O)NS(=O)(=O)c3ccccc3)cc3c(Cl)cccc32)c(C)c1. The van der Waals surface area contributed by atoms with E-state index in [0.29, 0.717) is 17.0 Å². The zero-order valence-corrected chi connectivity index (χ0v) is 19.6. The highest BCUT2D eigenvalue weighted by Crippen LogP contribution is 2.29. The number of sulfonamides is 1. The minimum absolute atomic E-state index is 0.0271. The quantitative estimate of drug-likeness (QED) is 0.429. The average molecular weight is 467 g/mol. The van der Waals surface area contributed by atoms with Crippen LogP contribution in [0.3, 0.4) is 0 Å². The second kappa shape index (κ2) is 8.45. The number of fused-ring (bicyclic) bond motifs is 1. The Balaban J connectivity index is 1.82. The minimum Gasteiger partial charge on any atom is -0.332 e. The van der Waals surface area contributed by atoms with Gasteiger partial charge in [0, 0.05) is 17.0 Å². The van der Waals surface area contributed by atoms with E-state index in [-0.39, 0.29) is 10.6 Å². The molecule has 7 heteroatoms. The molecule has 0 aliphatic heterocycles. The molecule has 0 bridgehead atoms. The topological polar surface area (TPSA) is 68.2 Å². The number of benzene rings is 3. The van der Waals surface area contributed by atoms with E-state index in [0.717, 1.165) is 27.8 Å². The Hall–Kier alpha value is -3.09. The summed E-state index contributed by atoms with van der Waals surface area (Å²) in [7, 11) is -4.01. The van der Waals surface area contributed by atoms with Crippen LogP contribution in [0.2, 0.25) is 5.02 Å². The fourth-order valence-corrected chi connectivity index (χ4v) is 5.26. The summed E-state index contributed by atoms with van der Waals surface area (Å²) in [5.41, 5.74) is 5.44. The molecule has 1 heterocycles. The van der Waals surface area contributed by atoms with E-state index >= 15 is 0 Å². The molecule has 1 N–H and O–H groups in total. The molecule has 5 nitrogen and oxygen atoms in total. The van der Waals surface area contributed by atoms with Gasteiger partial charge in [-0.2, -0.15) is 0 Å². The van der Waals surface area contributed by atoms with Gasteiger partial charge < -0.3 is 4.57 Å². The molecular weight excluding hydrogens is 444 g/mol. The molecule has 4 rings (SSSR count). The number of amides is 1. The van der Waals surface area contributed by atoms with E-state index in [2.05, 4.69) is 16.9 Å². The second-order valence-electron chi connectivity index (χ2n) is 7.91. The molecule has 0 unspecified atom stereocenters. The summed E-state index contributed by atoms with van der Waals surface area (Å²) in [6.45, 7) is 6.53. The molecular formula is C25H23ClN2O3S. The molecule has 3 aromatic carbocycles. The highest BCUT2D eigenvalue weighted by Gasteiger charge is 2.23. The molecule has 32 heavy (non-hydrogen) atoms. The lowest BCUT2D eigenvalue weighted by Crippen LogP contribution is -2.32. The Morgan fingerprint density at radius 3 is 2.25 bits per heavy atom. The van der Waals surface area contributed by atoms with Crippen molar-refractivity contribution in [3.63, 3.8) is 0 Å². The molecule has 0 spiro atoms. The summed E-state index contributed by atoms with van der Waals surface area (Å²) >= 11 is 6.40. The van der Waals surface area contributed by atoms with E-state index in [1.165, 1.54) is 12.1 Å². The van der Waals surface area contributed by atoms with Crippen LogP contribution in [0.4, 0.5) is 0 Å². The second-order valence-corrected chi connectivity index (χ2v) is 10.0. The lowest BCUT2D eigenvalue weighted by Gasteiger charge is -2.16. The molecule has 0 saturated carbocycles. The summed E-state index contributed by atoms with van der Waals surface area (Å²) in [5, 5.41) is 1.19. The number of rotatable bonds is 5. The predicted molar refractivity (Wildman–Crippen MR) is 128 cm³/mol. The van der Waals surface area contributed by atoms with Crippen LogP contribution in [-0.2, 0) is 16.6 Å². The average Bonchev–Trinajstić information content (AvgIpc) is 3.11. The third kappa shape index (κ3) is 4.16. The van der Waals surface area contributed by atoms with Gasteiger partial charge in [0.2, 0.25) is 0 Å². The lowest BCUT2D eigenvalue weighted by molar-refractivity contribution is 0.0973. The maximum absolute atomic E-state index is 13.2. The summed E-state index contributed by atoms with van der Waals surface area (Å²) in [4.78, 5) is 13.2. The van der Waals surface area contributed by atoms with Crippen LogP contribution >= 0.6 is 11.6 Å². The number of carbonyl (C=O) groups excluding carboxylic acids is 1. The molecule has 0 saturated heterocycles. The summed E-state index contributed by atoms with van der Waals surface area (Å²) in [6.07, 6.45) is 0. The van der Waals surface area contributed by atoms with Crippen molar-refractivity contribution in [2.75, 3.05) is 0 Å². The molecule has 164 valence electrons. The van der Waals surface area contributed by atoms with Gasteiger partial charge in [-0.1, -0.05) is 53.6 Å². The first-order valence-electron chi connectivity index (χ1n) is 10.1. The number of halogens is 1. The zero-order chi connectivity index (χ0) is 23.0. The smallest absolute Gasteiger partial charge is 0.281 e. The van der Waals surface area contributed by atoms with Crippen molar-refractivity contribution < 1.29 is 13.2 Å². The van der Waals surface area contributed by atoms with Crippen molar-refractivity contribution in [3.05, 3.63) is 99.7 Å². The Labute approximate surface area is 192 Å². The van der Waals surface area contributed by atoms with Gasteiger partial charge in [-0.3, -0.25) is 4.79 Å². The lowest BCUT2D eigenvalue weighted by atomic mass is 9.99. The third-order valence-electron chi connectivity index (χ3n) is 5.56. The van der Waals surface area contributed by atoms with E-state index in [1.54, 1.807) is 30.3 Å². The Kier molecular flexibility index (Phi) is 5.84. The minimum atomic E-state index is -4.01. The molecule has 0 atom stereocenters. The highest BCUT2D eigenvalue weighted by molar-refractivity contribution is 7.90. The predicted octanol–water partition coefficient (Wildman–Crippen LogP) is 5.39. The zero-order valence-electron chi connectivity index (χ0n) is 18.0. The first kappa shape index (κ1) is 22.1. The van der Waals surface area contributed by atoms with E-state index in [4.69, 9.17) is 11.6 Å². The number of nitrogens with one attached hydrogen (secondary N) is 1. The number of aryl methyl sites for hydroxylation is 3. The van der Waals surface area contributed by atoms with Crippen LogP contribution in [0.1, 0.15) is 32.7 Å². The number of nitrogens with zero attached hydrogens (tertiary/aromatic N) is 1. The Bertz CT molecular complexity index is 1420. The van der Waals surface area contributed by atoms with Crippen LogP contribution < -0.4 is 4.72 Å². The van der Waals surface area contributed by atoms with Crippen LogP contribution in [0.15, 0.2) is 71.6 Å². The van der Waals surface area contributed by atoms with Gasteiger partial charge in [-0.25, -0.2) is 13.1 Å². The Morgan fingerprint density at radius 2 is 1.59 bits per heavy atom. The maximum atomic E-state index is 13.2. The molecule has 4 aromatic rings. The summed E-state index contributed by atoms with van der Waals surface area (Å²) < 4.78 is 29.5. The monoisotopic (exact) mass is 466 g/mol. The van der Waals surface area contributed by atoms with E-state index in [1.807, 2.05) is 37.5 Å². The maximum Gasteiger partial charge on any atom is 0.281 e. The fourth-order valence-electron chi connectivity index (χ4n) is 4.06. The molecule has 0 radical (unpaired) electrons. The van der Waals surface area contributed by atoms with Gasteiger partial charge in [0.15, 0.2) is 0 Å². The van der Waals surface area contributed by atoms with Crippen LogP contribution in [0, 0.1) is 20.8 Å². The highest BCUT2D eigenvalue weighted by atomic mass is 35.5. The van der Waals surface area contributed by atoms with Crippen molar-refractivity contribution in [3.8, 4) is 0 Å². The van der Waals surface area contributed by atoms with Gasteiger partial charge in [-0.05, 0) is 67.8 Å². The summed E-state index contributed by atoms with van der Waals surface area (Å²) in [5.74, 6) is -0.705. The van der Waals surface area contributed by atoms with E-state index in [9.17, 15) is 13.2 Å². The Morgan fingerprint density at radius 1 is 0.938 bits per heavy atom. The first-order chi connectivity index (χ1) is 15.2. The fraction of sp³-hybridized carbons (Fsp3) is 0.160. The van der Waals surface area contributed by atoms with Gasteiger partial charge in [0.05, 0.1) is 10.4 Å². The van der Waals surface area contributed by atoms with Crippen molar-refractivity contribution in [1.29, 1.82) is 0 Å². The molecule has 1 amide bonds. The molecule has 0 fully saturated rings. The van der Waals surface area contributed by atoms with Crippen LogP contribution in [-0.4, -0.2) is 18.9 Å². The number of aromatic nitrogens is 1. The van der Waals surface area contributed by atoms with E-state index < -0.39 is 15.9 Å². The van der Waals surface area contributed by atoms with Crippen LogP contribution in [0.5, 0.6) is 0 Å². The van der Waals surface area contributed by atoms with Crippen molar-refractivity contribution in [2.45, 2.75) is 32.2 Å². The van der Waals surface area contributed by atoms with Crippen LogP contribution in [0.25, 0.3) is 10.9 Å². The van der Waals surface area contributed by atoms with Crippen molar-refractivity contribution in [2.24, 2.45) is 0 Å². The van der Waals surface area contributed by atoms with Crippen molar-refractivity contribution >= 4 is 38.4 Å². The largest absolute Gasteiger partial charge is 0.332 e.